The van der Waals surface area contributed by atoms with Crippen LogP contribution in [0.4, 0.5) is 5.69 Å². The summed E-state index contributed by atoms with van der Waals surface area (Å²) in [5.41, 5.74) is 3.44. The van der Waals surface area contributed by atoms with Crippen molar-refractivity contribution in [1.29, 1.82) is 0 Å². The van der Waals surface area contributed by atoms with Crippen molar-refractivity contribution < 1.29 is 24.1 Å². The number of carbonyl (C=O) groups excluding carboxylic acids is 1. The van der Waals surface area contributed by atoms with Gasteiger partial charge in [-0.15, -0.1) is 0 Å². The topological polar surface area (TPSA) is 56.4 Å². The lowest BCUT2D eigenvalue weighted by molar-refractivity contribution is -1.02. The van der Waals surface area contributed by atoms with Gasteiger partial charge in [0.2, 0.25) is 6.79 Å². The number of hydrogen-bond donors (Lipinski definition) is 3. The van der Waals surface area contributed by atoms with Crippen molar-refractivity contribution in [3.8, 4) is 11.5 Å². The molecular weight excluding hydrogens is 354 g/mol. The van der Waals surface area contributed by atoms with Crippen LogP contribution < -0.4 is 24.6 Å². The minimum absolute atomic E-state index is 0.0958. The van der Waals surface area contributed by atoms with E-state index in [9.17, 15) is 4.79 Å². The van der Waals surface area contributed by atoms with Crippen molar-refractivity contribution in [2.75, 3.05) is 44.8 Å². The van der Waals surface area contributed by atoms with Gasteiger partial charge in [0.15, 0.2) is 18.0 Å². The van der Waals surface area contributed by atoms with Crippen molar-refractivity contribution in [3.05, 3.63) is 53.6 Å². The van der Waals surface area contributed by atoms with E-state index in [1.54, 1.807) is 4.90 Å². The number of anilines is 1. The van der Waals surface area contributed by atoms with Gasteiger partial charge in [0.1, 0.15) is 32.7 Å². The lowest BCUT2D eigenvalue weighted by Crippen LogP contribution is -3.28. The molecule has 1 fully saturated rings. The first kappa shape index (κ1) is 18.8. The molecule has 6 nitrogen and oxygen atoms in total. The molecular formula is C22H29N3O3+2. The van der Waals surface area contributed by atoms with Crippen molar-refractivity contribution in [3.63, 3.8) is 0 Å². The highest BCUT2D eigenvalue weighted by Gasteiger charge is 2.25. The van der Waals surface area contributed by atoms with Gasteiger partial charge >= 0.3 is 0 Å². The van der Waals surface area contributed by atoms with Crippen LogP contribution in [0.2, 0.25) is 0 Å². The van der Waals surface area contributed by atoms with E-state index in [4.69, 9.17) is 9.47 Å². The first-order valence-corrected chi connectivity index (χ1v) is 10.1. The third-order valence-electron chi connectivity index (χ3n) is 5.61. The first-order chi connectivity index (χ1) is 13.7. The molecule has 0 saturated carbocycles. The van der Waals surface area contributed by atoms with Gasteiger partial charge in [0.25, 0.3) is 5.91 Å². The molecule has 2 aliphatic rings. The second-order valence-corrected chi connectivity index (χ2v) is 7.64. The molecule has 3 N–H and O–H groups in total. The van der Waals surface area contributed by atoms with Crippen LogP contribution in [-0.2, 0) is 17.8 Å². The number of nitrogens with one attached hydrogen (secondary N) is 3. The van der Waals surface area contributed by atoms with Crippen molar-refractivity contribution in [2.24, 2.45) is 0 Å². The SMILES string of the molecule is CCc1ccc(NC(=O)C[NH+]2CC[NH+](Cc3ccc4c(c3)OCO4)CC2)cc1. The van der Waals surface area contributed by atoms with Gasteiger partial charge in [-0.3, -0.25) is 4.79 Å². The minimum Gasteiger partial charge on any atom is -0.454 e. The Labute approximate surface area is 166 Å². The third kappa shape index (κ3) is 4.64. The Hall–Kier alpha value is -2.57. The van der Waals surface area contributed by atoms with E-state index in [2.05, 4.69) is 36.5 Å². The molecule has 0 radical (unpaired) electrons. The normalized spacial score (nSPS) is 20.8. The Bertz CT molecular complexity index is 814. The maximum absolute atomic E-state index is 12.4. The first-order valence-electron chi connectivity index (χ1n) is 10.1. The van der Waals surface area contributed by atoms with Gasteiger partial charge in [-0.05, 0) is 42.3 Å². The number of aryl methyl sites for hydroxylation is 1. The molecule has 0 atom stereocenters. The molecule has 4 rings (SSSR count). The Morgan fingerprint density at radius 2 is 1.61 bits per heavy atom. The standard InChI is InChI=1S/C22H27N3O3/c1-2-17-3-6-19(7-4-17)23-22(26)15-25-11-9-24(10-12-25)14-18-5-8-20-21(13-18)28-16-27-20/h3-8,13H,2,9-12,14-16H2,1H3,(H,23,26)/p+2. The summed E-state index contributed by atoms with van der Waals surface area (Å²) in [6.07, 6.45) is 1.01. The van der Waals surface area contributed by atoms with Crippen LogP contribution in [0.15, 0.2) is 42.5 Å². The number of carbonyl (C=O) groups is 1. The van der Waals surface area contributed by atoms with Gasteiger partial charge in [0.05, 0.1) is 0 Å². The molecule has 0 aliphatic carbocycles. The lowest BCUT2D eigenvalue weighted by Gasteiger charge is -2.29. The van der Waals surface area contributed by atoms with E-state index in [-0.39, 0.29) is 5.91 Å². The molecule has 2 aromatic rings. The van der Waals surface area contributed by atoms with Crippen LogP contribution >= 0.6 is 0 Å². The van der Waals surface area contributed by atoms with Crippen LogP contribution in [0, 0.1) is 0 Å². The van der Waals surface area contributed by atoms with Crippen molar-refractivity contribution >= 4 is 11.6 Å². The largest absolute Gasteiger partial charge is 0.454 e. The highest BCUT2D eigenvalue weighted by molar-refractivity contribution is 5.91. The molecule has 2 aromatic carbocycles. The van der Waals surface area contributed by atoms with E-state index in [0.29, 0.717) is 13.3 Å². The zero-order valence-corrected chi connectivity index (χ0v) is 16.4. The third-order valence-corrected chi connectivity index (χ3v) is 5.61. The molecule has 0 aromatic heterocycles. The average molecular weight is 383 g/mol. The second-order valence-electron chi connectivity index (χ2n) is 7.64. The summed E-state index contributed by atoms with van der Waals surface area (Å²) in [6.45, 7) is 8.14. The molecule has 1 amide bonds. The van der Waals surface area contributed by atoms with Crippen molar-refractivity contribution in [1.82, 2.24) is 0 Å². The number of ether oxygens (including phenoxy) is 2. The van der Waals surface area contributed by atoms with Gasteiger partial charge in [-0.25, -0.2) is 0 Å². The maximum atomic E-state index is 12.4. The molecule has 0 unspecified atom stereocenters. The fourth-order valence-electron chi connectivity index (χ4n) is 3.91. The summed E-state index contributed by atoms with van der Waals surface area (Å²) in [4.78, 5) is 15.3. The Balaban J connectivity index is 1.22. The fourth-order valence-corrected chi connectivity index (χ4v) is 3.91. The van der Waals surface area contributed by atoms with Gasteiger partial charge in [-0.2, -0.15) is 0 Å². The highest BCUT2D eigenvalue weighted by atomic mass is 16.7. The summed E-state index contributed by atoms with van der Waals surface area (Å²) in [6, 6.07) is 14.3. The number of amides is 1. The summed E-state index contributed by atoms with van der Waals surface area (Å²) >= 11 is 0. The molecule has 28 heavy (non-hydrogen) atoms. The number of rotatable bonds is 6. The fraction of sp³-hybridized carbons (Fsp3) is 0.409. The molecule has 1 saturated heterocycles. The molecule has 148 valence electrons. The molecule has 2 aliphatic heterocycles. The van der Waals surface area contributed by atoms with E-state index in [1.165, 1.54) is 16.0 Å². The predicted molar refractivity (Wildman–Crippen MR) is 107 cm³/mol. The van der Waals surface area contributed by atoms with Crippen LogP contribution in [0.1, 0.15) is 18.1 Å². The Morgan fingerprint density at radius 3 is 2.36 bits per heavy atom. The minimum atomic E-state index is 0.0958. The summed E-state index contributed by atoms with van der Waals surface area (Å²) < 4.78 is 10.8. The second kappa shape index (κ2) is 8.63. The molecule has 0 spiro atoms. The van der Waals surface area contributed by atoms with Gasteiger partial charge in [-0.1, -0.05) is 19.1 Å². The van der Waals surface area contributed by atoms with E-state index in [1.807, 2.05) is 18.2 Å². The van der Waals surface area contributed by atoms with E-state index < -0.39 is 0 Å². The quantitative estimate of drug-likeness (QED) is 0.653. The molecule has 0 bridgehead atoms. The van der Waals surface area contributed by atoms with Crippen LogP contribution in [-0.4, -0.2) is 45.4 Å². The zero-order chi connectivity index (χ0) is 19.3. The summed E-state index contributed by atoms with van der Waals surface area (Å²) in [5, 5.41) is 3.02. The van der Waals surface area contributed by atoms with Crippen LogP contribution in [0.3, 0.4) is 0 Å². The highest BCUT2D eigenvalue weighted by Crippen LogP contribution is 2.32. The average Bonchev–Trinajstić information content (AvgIpc) is 3.18. The predicted octanol–water partition coefficient (Wildman–Crippen LogP) is -0.100. The monoisotopic (exact) mass is 383 g/mol. The number of benzene rings is 2. The van der Waals surface area contributed by atoms with Gasteiger partial charge in [0, 0.05) is 11.3 Å². The number of piperazine rings is 1. The number of fused-ring (bicyclic) bond motifs is 1. The number of quaternary nitrogens is 2. The zero-order valence-electron chi connectivity index (χ0n) is 16.4. The lowest BCUT2D eigenvalue weighted by atomic mass is 10.1. The van der Waals surface area contributed by atoms with E-state index in [0.717, 1.165) is 56.3 Å². The van der Waals surface area contributed by atoms with Gasteiger partial charge < -0.3 is 24.6 Å². The molecule has 6 heteroatoms. The Morgan fingerprint density at radius 1 is 0.929 bits per heavy atom. The summed E-state index contributed by atoms with van der Waals surface area (Å²) in [7, 11) is 0. The number of hydrogen-bond acceptors (Lipinski definition) is 3. The molecule has 2 heterocycles. The Kier molecular flexibility index (Phi) is 5.78. The smallest absolute Gasteiger partial charge is 0.279 e. The van der Waals surface area contributed by atoms with Crippen LogP contribution in [0.25, 0.3) is 0 Å². The summed E-state index contributed by atoms with van der Waals surface area (Å²) in [5.74, 6) is 1.78. The van der Waals surface area contributed by atoms with Crippen molar-refractivity contribution in [2.45, 2.75) is 19.9 Å². The van der Waals surface area contributed by atoms with Crippen LogP contribution in [0.5, 0.6) is 11.5 Å². The maximum Gasteiger partial charge on any atom is 0.279 e. The van der Waals surface area contributed by atoms with E-state index >= 15 is 0 Å².